The van der Waals surface area contributed by atoms with Crippen molar-refractivity contribution in [2.24, 2.45) is 0 Å². The zero-order valence-corrected chi connectivity index (χ0v) is 29.3. The number of nitrogens with one attached hydrogen (secondary N) is 1. The topological polar surface area (TPSA) is 59.1 Å². The van der Waals surface area contributed by atoms with Crippen molar-refractivity contribution in [1.29, 1.82) is 0 Å². The number of carbonyl (C=O) groups is 2. The second kappa shape index (κ2) is 16.5. The second-order valence-electron chi connectivity index (χ2n) is 13.0. The summed E-state index contributed by atoms with van der Waals surface area (Å²) in [5.41, 5.74) is 2.87. The van der Waals surface area contributed by atoms with Crippen molar-refractivity contribution in [2.75, 3.05) is 59.4 Å². The van der Waals surface area contributed by atoms with Gasteiger partial charge < -0.3 is 15.1 Å². The normalized spacial score (nSPS) is 18.6. The summed E-state index contributed by atoms with van der Waals surface area (Å²) in [6, 6.07) is 19.8. The number of benzene rings is 3. The maximum Gasteiger partial charge on any atom is 0.416 e. The Labute approximate surface area is 293 Å². The third kappa shape index (κ3) is 9.22. The highest BCUT2D eigenvalue weighted by Crippen LogP contribution is 2.37. The van der Waals surface area contributed by atoms with E-state index in [1.54, 1.807) is 29.2 Å². The van der Waals surface area contributed by atoms with Crippen LogP contribution in [0.4, 0.5) is 13.2 Å². The van der Waals surface area contributed by atoms with Crippen LogP contribution in [-0.2, 0) is 28.6 Å². The molecule has 0 saturated carbocycles. The Balaban J connectivity index is 1.32. The van der Waals surface area contributed by atoms with Gasteiger partial charge in [-0.25, -0.2) is 0 Å². The van der Waals surface area contributed by atoms with Gasteiger partial charge in [0.15, 0.2) is 0 Å². The summed E-state index contributed by atoms with van der Waals surface area (Å²) in [6.07, 6.45) is -3.04. The molecule has 49 heavy (non-hydrogen) atoms. The summed E-state index contributed by atoms with van der Waals surface area (Å²) >= 11 is 6.13. The summed E-state index contributed by atoms with van der Waals surface area (Å²) in [5, 5.41) is 3.65. The van der Waals surface area contributed by atoms with E-state index in [2.05, 4.69) is 32.1 Å². The monoisotopic (exact) mass is 697 g/mol. The Morgan fingerprint density at radius 2 is 1.57 bits per heavy atom. The smallest absolute Gasteiger partial charge is 0.344 e. The number of piperazine rings is 1. The molecule has 2 heterocycles. The number of hydrogen-bond donors (Lipinski definition) is 1. The van der Waals surface area contributed by atoms with Gasteiger partial charge in [-0.05, 0) is 67.0 Å². The van der Waals surface area contributed by atoms with Crippen LogP contribution >= 0.6 is 11.6 Å². The number of halogens is 4. The predicted octanol–water partition coefficient (Wildman–Crippen LogP) is 6.23. The van der Waals surface area contributed by atoms with Gasteiger partial charge in [-0.3, -0.25) is 19.4 Å². The average molecular weight is 698 g/mol. The quantitative estimate of drug-likeness (QED) is 0.243. The van der Waals surface area contributed by atoms with Crippen LogP contribution in [0.1, 0.15) is 60.2 Å². The van der Waals surface area contributed by atoms with Gasteiger partial charge >= 0.3 is 6.18 Å². The molecule has 2 aliphatic rings. The molecule has 3 atom stereocenters. The lowest BCUT2D eigenvalue weighted by atomic mass is 9.91. The number of alkyl halides is 3. The Morgan fingerprint density at radius 3 is 2.24 bits per heavy atom. The van der Waals surface area contributed by atoms with Gasteiger partial charge in [0.25, 0.3) is 0 Å². The SMILES string of the molecule is CCN(CC)CC(c1ccccc1C(F)(F)F)N1CCN(C(=O)C(Cc2ccc(Cl)cc2)NC(=O)CC2c3ccccc3CCN2C)CC1. The number of rotatable bonds is 12. The maximum atomic E-state index is 14.2. The van der Waals surface area contributed by atoms with Gasteiger partial charge in [0.1, 0.15) is 6.04 Å². The van der Waals surface area contributed by atoms with E-state index in [4.69, 9.17) is 11.6 Å². The minimum Gasteiger partial charge on any atom is -0.344 e. The number of fused-ring (bicyclic) bond motifs is 1. The van der Waals surface area contributed by atoms with Crippen molar-refractivity contribution in [1.82, 2.24) is 24.9 Å². The molecule has 1 fully saturated rings. The molecular weight excluding hydrogens is 651 g/mol. The highest BCUT2D eigenvalue weighted by Gasteiger charge is 2.38. The molecule has 2 aliphatic heterocycles. The molecule has 1 saturated heterocycles. The van der Waals surface area contributed by atoms with Gasteiger partial charge in [0.05, 0.1) is 5.56 Å². The third-order valence-corrected chi connectivity index (χ3v) is 10.3. The second-order valence-corrected chi connectivity index (χ2v) is 13.5. The van der Waals surface area contributed by atoms with Crippen LogP contribution in [0.3, 0.4) is 0 Å². The summed E-state index contributed by atoms with van der Waals surface area (Å²) in [7, 11) is 2.02. The van der Waals surface area contributed by atoms with E-state index in [-0.39, 0.29) is 29.8 Å². The lowest BCUT2D eigenvalue weighted by Crippen LogP contribution is -2.56. The number of likely N-dealkylation sites (N-methyl/N-ethyl adjacent to an activating group) is 2. The molecule has 0 bridgehead atoms. The number of nitrogens with zero attached hydrogens (tertiary/aromatic N) is 4. The summed E-state index contributed by atoms with van der Waals surface area (Å²) in [4.78, 5) is 35.9. The van der Waals surface area contributed by atoms with E-state index in [1.165, 1.54) is 11.6 Å². The highest BCUT2D eigenvalue weighted by atomic mass is 35.5. The van der Waals surface area contributed by atoms with E-state index in [0.29, 0.717) is 57.3 Å². The van der Waals surface area contributed by atoms with Gasteiger partial charge in [-0.2, -0.15) is 13.2 Å². The molecule has 0 radical (unpaired) electrons. The van der Waals surface area contributed by atoms with E-state index in [9.17, 15) is 22.8 Å². The average Bonchev–Trinajstić information content (AvgIpc) is 3.10. The van der Waals surface area contributed by atoms with Crippen molar-refractivity contribution < 1.29 is 22.8 Å². The number of amides is 2. The fourth-order valence-electron chi connectivity index (χ4n) is 7.18. The molecule has 11 heteroatoms. The highest BCUT2D eigenvalue weighted by molar-refractivity contribution is 6.30. The Kier molecular flexibility index (Phi) is 12.4. The Morgan fingerprint density at radius 1 is 0.918 bits per heavy atom. The van der Waals surface area contributed by atoms with Crippen molar-refractivity contribution in [2.45, 2.75) is 57.4 Å². The molecule has 3 aromatic carbocycles. The molecule has 0 aliphatic carbocycles. The first-order chi connectivity index (χ1) is 23.5. The van der Waals surface area contributed by atoms with Crippen LogP contribution in [0.25, 0.3) is 0 Å². The molecule has 264 valence electrons. The number of carbonyl (C=O) groups excluding carboxylic acids is 2. The van der Waals surface area contributed by atoms with Gasteiger partial charge in [-0.1, -0.05) is 80.0 Å². The molecule has 0 spiro atoms. The van der Waals surface area contributed by atoms with Crippen molar-refractivity contribution >= 4 is 23.4 Å². The van der Waals surface area contributed by atoms with Gasteiger partial charge in [0, 0.05) is 69.2 Å². The third-order valence-electron chi connectivity index (χ3n) is 10.1. The number of hydrogen-bond acceptors (Lipinski definition) is 5. The van der Waals surface area contributed by atoms with Crippen LogP contribution in [0.2, 0.25) is 5.02 Å². The standard InChI is InChI=1S/C38H47ClF3N5O2/c1-4-45(5-2)26-35(31-12-8-9-13-32(31)38(40,41)42)46-20-22-47(23-21-46)37(49)33(24-27-14-16-29(39)17-15-27)43-36(48)25-34-30-11-7-6-10-28(30)18-19-44(34)3/h6-17,33-35H,4-5,18-26H2,1-3H3,(H,43,48). The lowest BCUT2D eigenvalue weighted by molar-refractivity contribution is -0.139. The van der Waals surface area contributed by atoms with Crippen LogP contribution in [0, 0.1) is 0 Å². The molecule has 3 aromatic rings. The van der Waals surface area contributed by atoms with Crippen LogP contribution in [0.5, 0.6) is 0 Å². The molecule has 5 rings (SSSR count). The van der Waals surface area contributed by atoms with E-state index < -0.39 is 23.8 Å². The first-order valence-electron chi connectivity index (χ1n) is 17.2. The lowest BCUT2D eigenvalue weighted by Gasteiger charge is -2.42. The fourth-order valence-corrected chi connectivity index (χ4v) is 7.31. The fraction of sp³-hybridized carbons (Fsp3) is 0.474. The van der Waals surface area contributed by atoms with E-state index in [0.717, 1.165) is 30.2 Å². The predicted molar refractivity (Wildman–Crippen MR) is 187 cm³/mol. The summed E-state index contributed by atoms with van der Waals surface area (Å²) < 4.78 is 42.5. The molecule has 2 amide bonds. The van der Waals surface area contributed by atoms with Crippen molar-refractivity contribution in [3.63, 3.8) is 0 Å². The van der Waals surface area contributed by atoms with Gasteiger partial charge in [-0.15, -0.1) is 0 Å². The molecular formula is C38H47ClF3N5O2. The van der Waals surface area contributed by atoms with Crippen molar-refractivity contribution in [3.05, 3.63) is 106 Å². The zero-order valence-electron chi connectivity index (χ0n) is 28.6. The molecule has 3 unspecified atom stereocenters. The molecule has 0 aromatic heterocycles. The first kappa shape index (κ1) is 36.8. The van der Waals surface area contributed by atoms with E-state index in [1.807, 2.05) is 45.2 Å². The minimum atomic E-state index is -4.47. The van der Waals surface area contributed by atoms with Crippen LogP contribution in [0.15, 0.2) is 72.8 Å². The Bertz CT molecular complexity index is 1560. The molecule has 7 nitrogen and oxygen atoms in total. The zero-order chi connectivity index (χ0) is 35.1. The first-order valence-corrected chi connectivity index (χ1v) is 17.6. The summed E-state index contributed by atoms with van der Waals surface area (Å²) in [6.45, 7) is 8.24. The van der Waals surface area contributed by atoms with Crippen LogP contribution < -0.4 is 5.32 Å². The van der Waals surface area contributed by atoms with Gasteiger partial charge in [0.2, 0.25) is 11.8 Å². The maximum absolute atomic E-state index is 14.2. The van der Waals surface area contributed by atoms with E-state index >= 15 is 0 Å². The minimum absolute atomic E-state index is 0.0953. The summed E-state index contributed by atoms with van der Waals surface area (Å²) in [5.74, 6) is -0.404. The van der Waals surface area contributed by atoms with Crippen LogP contribution in [-0.4, -0.2) is 96.9 Å². The molecule has 1 N–H and O–H groups in total. The van der Waals surface area contributed by atoms with Crippen molar-refractivity contribution in [3.8, 4) is 0 Å². The Hall–Kier alpha value is -3.44. The largest absolute Gasteiger partial charge is 0.416 e.